The highest BCUT2D eigenvalue weighted by Crippen LogP contribution is 2.21. The Morgan fingerprint density at radius 2 is 1.85 bits per heavy atom. The van der Waals surface area contributed by atoms with E-state index < -0.39 is 0 Å². The van der Waals surface area contributed by atoms with Gasteiger partial charge < -0.3 is 18.8 Å². The second kappa shape index (κ2) is 8.03. The summed E-state index contributed by atoms with van der Waals surface area (Å²) in [6, 6.07) is 8.95. The zero-order chi connectivity index (χ0) is 18.5. The Labute approximate surface area is 150 Å². The number of amides is 1. The van der Waals surface area contributed by atoms with E-state index in [1.165, 1.54) is 31.4 Å². The van der Waals surface area contributed by atoms with Crippen LogP contribution < -0.4 is 4.74 Å². The fraction of sp³-hybridized carbons (Fsp3) is 0.368. The van der Waals surface area contributed by atoms with Crippen molar-refractivity contribution in [2.45, 2.75) is 19.4 Å². The molecule has 0 aliphatic carbocycles. The lowest BCUT2D eigenvalue weighted by molar-refractivity contribution is -0.146. The molecule has 1 aliphatic heterocycles. The van der Waals surface area contributed by atoms with Crippen LogP contribution in [0.5, 0.6) is 5.75 Å². The molecule has 0 saturated carbocycles. The molecule has 0 bridgehead atoms. The lowest BCUT2D eigenvalue weighted by atomic mass is 9.97. The molecular weight excluding hydrogens is 341 g/mol. The fourth-order valence-corrected chi connectivity index (χ4v) is 2.90. The summed E-state index contributed by atoms with van der Waals surface area (Å²) in [5.74, 6) is 0.332. The molecule has 1 aliphatic rings. The minimum absolute atomic E-state index is 0.142. The van der Waals surface area contributed by atoms with E-state index in [2.05, 4.69) is 0 Å². The van der Waals surface area contributed by atoms with Gasteiger partial charge in [0.05, 0.1) is 13.0 Å². The van der Waals surface area contributed by atoms with Gasteiger partial charge in [-0.05, 0) is 49.2 Å². The monoisotopic (exact) mass is 361 g/mol. The van der Waals surface area contributed by atoms with E-state index in [1.54, 1.807) is 17.0 Å². The van der Waals surface area contributed by atoms with Gasteiger partial charge in [-0.25, -0.2) is 4.39 Å². The van der Waals surface area contributed by atoms with Gasteiger partial charge in [-0.1, -0.05) is 0 Å². The minimum Gasteiger partial charge on any atom is -0.486 e. The van der Waals surface area contributed by atoms with Gasteiger partial charge in [0, 0.05) is 13.1 Å². The van der Waals surface area contributed by atoms with Gasteiger partial charge in [-0.3, -0.25) is 9.59 Å². The van der Waals surface area contributed by atoms with Gasteiger partial charge in [-0.15, -0.1) is 0 Å². The molecule has 26 heavy (non-hydrogen) atoms. The smallest absolute Gasteiger partial charge is 0.308 e. The van der Waals surface area contributed by atoms with Gasteiger partial charge in [0.25, 0.3) is 5.91 Å². The van der Waals surface area contributed by atoms with Crippen molar-refractivity contribution in [2.75, 3.05) is 20.2 Å². The van der Waals surface area contributed by atoms with Crippen molar-refractivity contribution in [1.29, 1.82) is 0 Å². The maximum Gasteiger partial charge on any atom is 0.308 e. The van der Waals surface area contributed by atoms with Crippen LogP contribution in [0.25, 0.3) is 0 Å². The molecule has 0 spiro atoms. The van der Waals surface area contributed by atoms with Gasteiger partial charge >= 0.3 is 5.97 Å². The van der Waals surface area contributed by atoms with E-state index in [4.69, 9.17) is 13.9 Å². The highest BCUT2D eigenvalue weighted by atomic mass is 19.1. The van der Waals surface area contributed by atoms with Gasteiger partial charge in [0.15, 0.2) is 5.76 Å². The third-order valence-corrected chi connectivity index (χ3v) is 4.38. The van der Waals surface area contributed by atoms with Crippen LogP contribution in [0.3, 0.4) is 0 Å². The molecule has 1 fully saturated rings. The third-order valence-electron chi connectivity index (χ3n) is 4.38. The molecule has 138 valence electrons. The summed E-state index contributed by atoms with van der Waals surface area (Å²) in [5, 5.41) is 0. The summed E-state index contributed by atoms with van der Waals surface area (Å²) in [6.07, 6.45) is 1.17. The predicted octanol–water partition coefficient (Wildman–Crippen LogP) is 3.02. The molecule has 0 unspecified atom stereocenters. The average Bonchev–Trinajstić information content (AvgIpc) is 3.15. The van der Waals surface area contributed by atoms with Crippen molar-refractivity contribution in [1.82, 2.24) is 4.90 Å². The maximum absolute atomic E-state index is 12.9. The molecule has 7 heteroatoms. The molecule has 0 atom stereocenters. The van der Waals surface area contributed by atoms with Crippen LogP contribution in [0.2, 0.25) is 0 Å². The van der Waals surface area contributed by atoms with Crippen LogP contribution >= 0.6 is 0 Å². The number of furan rings is 1. The molecule has 0 radical (unpaired) electrons. The van der Waals surface area contributed by atoms with Gasteiger partial charge in [0.1, 0.15) is 23.9 Å². The number of ether oxygens (including phenoxy) is 2. The standard InChI is InChI=1S/C19H20FNO5/c1-24-19(23)13-8-10-21(11-9-13)18(22)17-7-6-16(26-17)12-25-15-4-2-14(20)3-5-15/h2-7,13H,8-12H2,1H3. The Morgan fingerprint density at radius 1 is 1.15 bits per heavy atom. The van der Waals surface area contributed by atoms with E-state index in [1.807, 2.05) is 0 Å². The number of rotatable bonds is 5. The number of hydrogen-bond donors (Lipinski definition) is 0. The van der Waals surface area contributed by atoms with Crippen molar-refractivity contribution in [3.05, 3.63) is 53.7 Å². The molecule has 1 amide bonds. The number of methoxy groups -OCH3 is 1. The Hall–Kier alpha value is -2.83. The first-order valence-corrected chi connectivity index (χ1v) is 8.41. The van der Waals surface area contributed by atoms with Crippen molar-refractivity contribution in [2.24, 2.45) is 5.92 Å². The maximum atomic E-state index is 12.9. The molecule has 1 aromatic carbocycles. The van der Waals surface area contributed by atoms with Crippen LogP contribution in [0.1, 0.15) is 29.2 Å². The normalized spacial score (nSPS) is 14.9. The lowest BCUT2D eigenvalue weighted by Gasteiger charge is -2.30. The molecule has 2 heterocycles. The highest BCUT2D eigenvalue weighted by molar-refractivity contribution is 5.91. The number of piperidine rings is 1. The Balaban J connectivity index is 1.53. The molecule has 0 N–H and O–H groups in total. The third kappa shape index (κ3) is 4.22. The number of hydrogen-bond acceptors (Lipinski definition) is 5. The zero-order valence-electron chi connectivity index (χ0n) is 14.4. The van der Waals surface area contributed by atoms with Gasteiger partial charge in [0.2, 0.25) is 0 Å². The van der Waals surface area contributed by atoms with Crippen molar-refractivity contribution >= 4 is 11.9 Å². The first-order chi connectivity index (χ1) is 12.6. The second-order valence-electron chi connectivity index (χ2n) is 6.10. The first-order valence-electron chi connectivity index (χ1n) is 8.41. The zero-order valence-corrected chi connectivity index (χ0v) is 14.4. The van der Waals surface area contributed by atoms with Crippen molar-refractivity contribution in [3.63, 3.8) is 0 Å². The van der Waals surface area contributed by atoms with Crippen LogP contribution in [0, 0.1) is 11.7 Å². The second-order valence-corrected chi connectivity index (χ2v) is 6.10. The van der Waals surface area contributed by atoms with Crippen LogP contribution in [-0.4, -0.2) is 37.0 Å². The Bertz CT molecular complexity index is 762. The van der Waals surface area contributed by atoms with Crippen LogP contribution in [-0.2, 0) is 16.1 Å². The summed E-state index contributed by atoms with van der Waals surface area (Å²) in [4.78, 5) is 25.7. The number of carbonyl (C=O) groups excluding carboxylic acids is 2. The van der Waals surface area contributed by atoms with Crippen LogP contribution in [0.4, 0.5) is 4.39 Å². The van der Waals surface area contributed by atoms with Crippen molar-refractivity contribution in [3.8, 4) is 5.75 Å². The van der Waals surface area contributed by atoms with E-state index in [0.717, 1.165) is 0 Å². The largest absolute Gasteiger partial charge is 0.486 e. The minimum atomic E-state index is -0.334. The van der Waals surface area contributed by atoms with Crippen LogP contribution in [0.15, 0.2) is 40.8 Å². The topological polar surface area (TPSA) is 69.0 Å². The number of esters is 1. The molecule has 1 aromatic heterocycles. The summed E-state index contributed by atoms with van der Waals surface area (Å²) in [6.45, 7) is 1.12. The number of benzene rings is 1. The summed E-state index contributed by atoms with van der Waals surface area (Å²) in [5.41, 5.74) is 0. The average molecular weight is 361 g/mol. The van der Waals surface area contributed by atoms with E-state index >= 15 is 0 Å². The first kappa shape index (κ1) is 18.0. The van der Waals surface area contributed by atoms with Gasteiger partial charge in [-0.2, -0.15) is 0 Å². The highest BCUT2D eigenvalue weighted by Gasteiger charge is 2.29. The predicted molar refractivity (Wildman–Crippen MR) is 90.1 cm³/mol. The number of likely N-dealkylation sites (tertiary alicyclic amines) is 1. The molecule has 1 saturated heterocycles. The summed E-state index contributed by atoms with van der Waals surface area (Å²) in [7, 11) is 1.37. The molecule has 2 aromatic rings. The number of carbonyl (C=O) groups is 2. The number of halogens is 1. The summed E-state index contributed by atoms with van der Waals surface area (Å²) < 4.78 is 28.7. The molecular formula is C19H20FNO5. The summed E-state index contributed by atoms with van der Waals surface area (Å²) >= 11 is 0. The fourth-order valence-electron chi connectivity index (χ4n) is 2.90. The van der Waals surface area contributed by atoms with E-state index in [0.29, 0.717) is 37.4 Å². The SMILES string of the molecule is COC(=O)C1CCN(C(=O)c2ccc(COc3ccc(F)cc3)o2)CC1. The Kier molecular flexibility index (Phi) is 5.55. The quantitative estimate of drug-likeness (QED) is 0.766. The number of nitrogens with zero attached hydrogens (tertiary/aromatic N) is 1. The van der Waals surface area contributed by atoms with Crippen molar-refractivity contribution < 1.29 is 27.9 Å². The molecule has 3 rings (SSSR count). The van der Waals surface area contributed by atoms with E-state index in [-0.39, 0.29) is 36.0 Å². The Morgan fingerprint density at radius 3 is 2.50 bits per heavy atom. The van der Waals surface area contributed by atoms with E-state index in [9.17, 15) is 14.0 Å². The molecule has 6 nitrogen and oxygen atoms in total. The lowest BCUT2D eigenvalue weighted by Crippen LogP contribution is -2.40.